The van der Waals surface area contributed by atoms with E-state index < -0.39 is 0 Å². The normalized spacial score (nSPS) is 20.7. The van der Waals surface area contributed by atoms with E-state index in [9.17, 15) is 0 Å². The summed E-state index contributed by atoms with van der Waals surface area (Å²) in [6.07, 6.45) is 2.48. The molecule has 118 valence electrons. The first-order valence-electron chi connectivity index (χ1n) is 8.24. The summed E-state index contributed by atoms with van der Waals surface area (Å²) in [4.78, 5) is 2.58. The topological polar surface area (TPSA) is 24.5 Å². The molecule has 21 heavy (non-hydrogen) atoms. The summed E-state index contributed by atoms with van der Waals surface area (Å²) < 4.78 is 5.59. The van der Waals surface area contributed by atoms with Gasteiger partial charge in [-0.2, -0.15) is 0 Å². The maximum absolute atomic E-state index is 5.59. The van der Waals surface area contributed by atoms with Crippen LogP contribution in [0.3, 0.4) is 0 Å². The van der Waals surface area contributed by atoms with E-state index in [1.807, 2.05) is 0 Å². The predicted molar refractivity (Wildman–Crippen MR) is 89.0 cm³/mol. The quantitative estimate of drug-likeness (QED) is 0.833. The maximum Gasteiger partial charge on any atom is 0.123 e. The predicted octanol–water partition coefficient (Wildman–Crippen LogP) is 3.39. The molecule has 1 N–H and O–H groups in total. The van der Waals surface area contributed by atoms with Crippen LogP contribution in [0.15, 0.2) is 18.2 Å². The highest BCUT2D eigenvalue weighted by Gasteiger charge is 2.24. The first-order valence-corrected chi connectivity index (χ1v) is 8.24. The summed E-state index contributed by atoms with van der Waals surface area (Å²) in [5.41, 5.74) is 2.59. The SMILES string of the molecule is CCCNC(CN1CCC(C)C1)c1cc(C)ccc1OC. The standard InChI is InChI=1S/C18H30N2O/c1-5-9-19-17(13-20-10-8-15(3)12-20)16-11-14(2)6-7-18(16)21-4/h6-7,11,15,17,19H,5,8-10,12-13H2,1-4H3. The second-order valence-electron chi connectivity index (χ2n) is 6.41. The van der Waals surface area contributed by atoms with Crippen molar-refractivity contribution in [2.45, 2.75) is 39.7 Å². The molecule has 3 heteroatoms. The van der Waals surface area contributed by atoms with Crippen LogP contribution in [0.2, 0.25) is 0 Å². The number of nitrogens with zero attached hydrogens (tertiary/aromatic N) is 1. The highest BCUT2D eigenvalue weighted by Crippen LogP contribution is 2.28. The van der Waals surface area contributed by atoms with Crippen molar-refractivity contribution >= 4 is 0 Å². The van der Waals surface area contributed by atoms with Gasteiger partial charge in [0.15, 0.2) is 0 Å². The fourth-order valence-electron chi connectivity index (χ4n) is 3.17. The first kappa shape index (κ1) is 16.3. The molecule has 0 aromatic heterocycles. The van der Waals surface area contributed by atoms with Crippen molar-refractivity contribution in [3.63, 3.8) is 0 Å². The minimum Gasteiger partial charge on any atom is -0.496 e. The Balaban J connectivity index is 2.16. The van der Waals surface area contributed by atoms with E-state index >= 15 is 0 Å². The average Bonchev–Trinajstić information content (AvgIpc) is 2.88. The monoisotopic (exact) mass is 290 g/mol. The van der Waals surface area contributed by atoms with Crippen LogP contribution in [0.25, 0.3) is 0 Å². The van der Waals surface area contributed by atoms with E-state index in [-0.39, 0.29) is 0 Å². The van der Waals surface area contributed by atoms with E-state index in [1.54, 1.807) is 7.11 Å². The zero-order valence-electron chi connectivity index (χ0n) is 14.0. The molecule has 2 unspecified atom stereocenters. The van der Waals surface area contributed by atoms with Gasteiger partial charge >= 0.3 is 0 Å². The Hall–Kier alpha value is -1.06. The zero-order valence-corrected chi connectivity index (χ0v) is 14.0. The summed E-state index contributed by atoms with van der Waals surface area (Å²) in [5, 5.41) is 3.71. The van der Waals surface area contributed by atoms with Crippen LogP contribution in [0, 0.1) is 12.8 Å². The van der Waals surface area contributed by atoms with Crippen LogP contribution in [0.4, 0.5) is 0 Å². The fraction of sp³-hybridized carbons (Fsp3) is 0.667. The lowest BCUT2D eigenvalue weighted by Gasteiger charge is -2.26. The van der Waals surface area contributed by atoms with Crippen molar-refractivity contribution in [3.8, 4) is 5.75 Å². The van der Waals surface area contributed by atoms with Crippen LogP contribution in [-0.2, 0) is 0 Å². The van der Waals surface area contributed by atoms with Crippen LogP contribution in [-0.4, -0.2) is 38.2 Å². The highest BCUT2D eigenvalue weighted by molar-refractivity contribution is 5.39. The molecule has 1 aromatic rings. The number of methoxy groups -OCH3 is 1. The van der Waals surface area contributed by atoms with E-state index in [4.69, 9.17) is 4.74 Å². The molecular formula is C18H30N2O. The van der Waals surface area contributed by atoms with Gasteiger partial charge in [-0.05, 0) is 44.8 Å². The third-order valence-electron chi connectivity index (χ3n) is 4.35. The Kier molecular flexibility index (Phi) is 6.07. The minimum atomic E-state index is 0.352. The third-order valence-corrected chi connectivity index (χ3v) is 4.35. The molecular weight excluding hydrogens is 260 g/mol. The van der Waals surface area contributed by atoms with Crippen molar-refractivity contribution in [2.75, 3.05) is 33.3 Å². The van der Waals surface area contributed by atoms with Crippen LogP contribution in [0.5, 0.6) is 5.75 Å². The van der Waals surface area contributed by atoms with E-state index in [1.165, 1.54) is 30.6 Å². The van der Waals surface area contributed by atoms with Gasteiger partial charge in [-0.15, -0.1) is 0 Å². The molecule has 0 aliphatic carbocycles. The lowest BCUT2D eigenvalue weighted by molar-refractivity contribution is 0.280. The van der Waals surface area contributed by atoms with Gasteiger partial charge in [0.25, 0.3) is 0 Å². The van der Waals surface area contributed by atoms with E-state index in [0.717, 1.165) is 31.2 Å². The Morgan fingerprint density at radius 3 is 2.86 bits per heavy atom. The number of nitrogens with one attached hydrogen (secondary N) is 1. The second kappa shape index (κ2) is 7.81. The Morgan fingerprint density at radius 1 is 1.43 bits per heavy atom. The molecule has 0 amide bonds. The lowest BCUT2D eigenvalue weighted by Crippen LogP contribution is -2.34. The molecule has 1 aliphatic rings. The third kappa shape index (κ3) is 4.45. The Labute approximate surface area is 129 Å². The molecule has 1 aromatic carbocycles. The summed E-state index contributed by atoms with van der Waals surface area (Å²) in [5.74, 6) is 1.83. The zero-order chi connectivity index (χ0) is 15.2. The van der Waals surface area contributed by atoms with E-state index in [0.29, 0.717) is 6.04 Å². The van der Waals surface area contributed by atoms with Gasteiger partial charge in [-0.3, -0.25) is 0 Å². The van der Waals surface area contributed by atoms with Crippen LogP contribution in [0.1, 0.15) is 43.9 Å². The summed E-state index contributed by atoms with van der Waals surface area (Å²) >= 11 is 0. The molecule has 1 aliphatic heterocycles. The highest BCUT2D eigenvalue weighted by atomic mass is 16.5. The molecule has 0 spiro atoms. The van der Waals surface area contributed by atoms with Gasteiger partial charge in [0, 0.05) is 24.7 Å². The van der Waals surface area contributed by atoms with Crippen molar-refractivity contribution < 1.29 is 4.74 Å². The minimum absolute atomic E-state index is 0.352. The first-order chi connectivity index (χ1) is 10.1. The molecule has 0 radical (unpaired) electrons. The molecule has 0 bridgehead atoms. The van der Waals surface area contributed by atoms with Crippen LogP contribution >= 0.6 is 0 Å². The van der Waals surface area contributed by atoms with Crippen molar-refractivity contribution in [2.24, 2.45) is 5.92 Å². The average molecular weight is 290 g/mol. The number of hydrogen-bond donors (Lipinski definition) is 1. The summed E-state index contributed by atoms with van der Waals surface area (Å²) in [7, 11) is 1.77. The van der Waals surface area contributed by atoms with Crippen molar-refractivity contribution in [1.29, 1.82) is 0 Å². The summed E-state index contributed by atoms with van der Waals surface area (Å²) in [6.45, 7) is 11.3. The van der Waals surface area contributed by atoms with Gasteiger partial charge < -0.3 is 15.0 Å². The largest absolute Gasteiger partial charge is 0.496 e. The number of benzene rings is 1. The Bertz CT molecular complexity index is 447. The number of likely N-dealkylation sites (tertiary alicyclic amines) is 1. The van der Waals surface area contributed by atoms with E-state index in [2.05, 4.69) is 49.2 Å². The Morgan fingerprint density at radius 2 is 2.24 bits per heavy atom. The van der Waals surface area contributed by atoms with Gasteiger partial charge in [0.2, 0.25) is 0 Å². The molecule has 2 atom stereocenters. The van der Waals surface area contributed by atoms with Crippen LogP contribution < -0.4 is 10.1 Å². The molecule has 2 rings (SSSR count). The number of rotatable bonds is 7. The smallest absolute Gasteiger partial charge is 0.123 e. The summed E-state index contributed by atoms with van der Waals surface area (Å²) in [6, 6.07) is 6.84. The number of aryl methyl sites for hydroxylation is 1. The maximum atomic E-state index is 5.59. The molecule has 3 nitrogen and oxygen atoms in total. The van der Waals surface area contributed by atoms with Gasteiger partial charge in [0.05, 0.1) is 7.11 Å². The molecule has 0 saturated carbocycles. The fourth-order valence-corrected chi connectivity index (χ4v) is 3.17. The van der Waals surface area contributed by atoms with Gasteiger partial charge in [-0.1, -0.05) is 31.5 Å². The number of ether oxygens (including phenoxy) is 1. The van der Waals surface area contributed by atoms with Gasteiger partial charge in [0.1, 0.15) is 5.75 Å². The molecule has 1 saturated heterocycles. The number of hydrogen-bond acceptors (Lipinski definition) is 3. The van der Waals surface area contributed by atoms with Gasteiger partial charge in [-0.25, -0.2) is 0 Å². The molecule has 1 fully saturated rings. The molecule has 1 heterocycles. The second-order valence-corrected chi connectivity index (χ2v) is 6.41. The lowest BCUT2D eigenvalue weighted by atomic mass is 10.0. The van der Waals surface area contributed by atoms with Crippen molar-refractivity contribution in [1.82, 2.24) is 10.2 Å². The van der Waals surface area contributed by atoms with Crippen molar-refractivity contribution in [3.05, 3.63) is 29.3 Å².